The van der Waals surface area contributed by atoms with Gasteiger partial charge in [0.25, 0.3) is 0 Å². The molecule has 0 rings (SSSR count). The molecular formula is C19H26O2. The van der Waals surface area contributed by atoms with Gasteiger partial charge in [-0.25, -0.2) is 0 Å². The van der Waals surface area contributed by atoms with E-state index in [0.717, 1.165) is 32.1 Å². The second-order valence-electron chi connectivity index (χ2n) is 4.47. The number of carbonyl (C=O) groups is 1. The van der Waals surface area contributed by atoms with Crippen LogP contribution in [0.1, 0.15) is 45.4 Å². The second-order valence-corrected chi connectivity index (χ2v) is 4.47. The standard InChI is InChI=1S/C19H26O2/c1-3-4-5-6-7-8-9-10-11-12-13-14-15-16-17-18-19(20)21-2/h3-10H,13-18H2,1-2H3/b4-3+,6-5+,8-7+,10-9+. The molecule has 0 unspecified atom stereocenters. The van der Waals surface area contributed by atoms with Gasteiger partial charge in [-0.3, -0.25) is 4.79 Å². The summed E-state index contributed by atoms with van der Waals surface area (Å²) in [5, 5.41) is 0. The lowest BCUT2D eigenvalue weighted by molar-refractivity contribution is -0.140. The minimum absolute atomic E-state index is 0.117. The second kappa shape index (κ2) is 16.0. The van der Waals surface area contributed by atoms with E-state index in [-0.39, 0.29) is 5.97 Å². The highest BCUT2D eigenvalue weighted by Crippen LogP contribution is 2.05. The average Bonchev–Trinajstić information content (AvgIpc) is 2.50. The Morgan fingerprint density at radius 1 is 0.952 bits per heavy atom. The Balaban J connectivity index is 3.51. The van der Waals surface area contributed by atoms with Crippen molar-refractivity contribution in [3.05, 3.63) is 48.6 Å². The molecular weight excluding hydrogens is 260 g/mol. The van der Waals surface area contributed by atoms with E-state index >= 15 is 0 Å². The highest BCUT2D eigenvalue weighted by molar-refractivity contribution is 5.68. The summed E-state index contributed by atoms with van der Waals surface area (Å²) in [5.74, 6) is 6.01. The van der Waals surface area contributed by atoms with Crippen LogP contribution in [0.15, 0.2) is 48.6 Å². The Morgan fingerprint density at radius 3 is 2.33 bits per heavy atom. The molecule has 0 amide bonds. The third kappa shape index (κ3) is 15.9. The summed E-state index contributed by atoms with van der Waals surface area (Å²) in [6, 6.07) is 0. The van der Waals surface area contributed by atoms with Crippen molar-refractivity contribution in [2.45, 2.75) is 45.4 Å². The number of esters is 1. The first-order valence-electron chi connectivity index (χ1n) is 7.47. The van der Waals surface area contributed by atoms with Gasteiger partial charge in [0.2, 0.25) is 0 Å². The number of rotatable bonds is 9. The summed E-state index contributed by atoms with van der Waals surface area (Å²) in [6.45, 7) is 1.99. The molecule has 0 aromatic rings. The normalized spacial score (nSPS) is 11.5. The molecule has 0 radical (unpaired) electrons. The van der Waals surface area contributed by atoms with Crippen LogP contribution in [0, 0.1) is 11.8 Å². The Morgan fingerprint density at radius 2 is 1.62 bits per heavy atom. The first kappa shape index (κ1) is 19.0. The van der Waals surface area contributed by atoms with Crippen LogP contribution in [0.25, 0.3) is 0 Å². The SMILES string of the molecule is C/C=C/C=C/C=C/C=C/C#CCCCCCCC(=O)OC. The van der Waals surface area contributed by atoms with E-state index in [1.165, 1.54) is 7.11 Å². The van der Waals surface area contributed by atoms with Gasteiger partial charge in [0, 0.05) is 12.8 Å². The summed E-state index contributed by atoms with van der Waals surface area (Å²) < 4.78 is 4.59. The maximum Gasteiger partial charge on any atom is 0.305 e. The molecule has 2 heteroatoms. The van der Waals surface area contributed by atoms with Crippen molar-refractivity contribution < 1.29 is 9.53 Å². The summed E-state index contributed by atoms with van der Waals surface area (Å²) in [6.07, 6.45) is 21.3. The van der Waals surface area contributed by atoms with E-state index in [1.54, 1.807) is 0 Å². The lowest BCUT2D eigenvalue weighted by Crippen LogP contribution is -1.98. The van der Waals surface area contributed by atoms with Crippen molar-refractivity contribution >= 4 is 5.97 Å². The molecule has 0 bridgehead atoms. The monoisotopic (exact) mass is 286 g/mol. The molecule has 0 aromatic carbocycles. The maximum absolute atomic E-state index is 10.9. The Hall–Kier alpha value is -2.01. The number of hydrogen-bond acceptors (Lipinski definition) is 2. The molecule has 21 heavy (non-hydrogen) atoms. The molecule has 2 nitrogen and oxygen atoms in total. The van der Waals surface area contributed by atoms with E-state index in [4.69, 9.17) is 0 Å². The van der Waals surface area contributed by atoms with E-state index in [0.29, 0.717) is 6.42 Å². The third-order valence-electron chi connectivity index (χ3n) is 2.69. The molecule has 0 aliphatic heterocycles. The van der Waals surface area contributed by atoms with Crippen LogP contribution in [0.5, 0.6) is 0 Å². The van der Waals surface area contributed by atoms with Crippen molar-refractivity contribution in [2.75, 3.05) is 7.11 Å². The number of allylic oxidation sites excluding steroid dienone is 8. The molecule has 0 saturated carbocycles. The van der Waals surface area contributed by atoms with E-state index in [1.807, 2.05) is 55.5 Å². The topological polar surface area (TPSA) is 26.3 Å². The molecule has 0 aromatic heterocycles. The highest BCUT2D eigenvalue weighted by atomic mass is 16.5. The van der Waals surface area contributed by atoms with Gasteiger partial charge in [0.1, 0.15) is 0 Å². The minimum atomic E-state index is -0.117. The van der Waals surface area contributed by atoms with E-state index in [9.17, 15) is 4.79 Å². The van der Waals surface area contributed by atoms with Crippen LogP contribution in [-0.4, -0.2) is 13.1 Å². The summed E-state index contributed by atoms with van der Waals surface area (Å²) >= 11 is 0. The van der Waals surface area contributed by atoms with Gasteiger partial charge in [0.05, 0.1) is 7.11 Å². The van der Waals surface area contributed by atoms with Gasteiger partial charge in [-0.2, -0.15) is 0 Å². The van der Waals surface area contributed by atoms with E-state index < -0.39 is 0 Å². The predicted octanol–water partition coefficient (Wildman–Crippen LogP) is 4.75. The third-order valence-corrected chi connectivity index (χ3v) is 2.69. The average molecular weight is 286 g/mol. The predicted molar refractivity (Wildman–Crippen MR) is 89.7 cm³/mol. The largest absolute Gasteiger partial charge is 0.469 e. The number of hydrogen-bond donors (Lipinski definition) is 0. The zero-order valence-corrected chi connectivity index (χ0v) is 13.2. The van der Waals surface area contributed by atoms with Gasteiger partial charge >= 0.3 is 5.97 Å². The zero-order chi connectivity index (χ0) is 15.6. The van der Waals surface area contributed by atoms with Crippen LogP contribution in [-0.2, 0) is 9.53 Å². The molecule has 0 aliphatic carbocycles. The highest BCUT2D eigenvalue weighted by Gasteiger charge is 1.98. The van der Waals surface area contributed by atoms with Gasteiger partial charge in [-0.1, -0.05) is 67.2 Å². The number of ether oxygens (including phenoxy) is 1. The molecule has 0 N–H and O–H groups in total. The number of unbranched alkanes of at least 4 members (excludes halogenated alkanes) is 4. The summed E-state index contributed by atoms with van der Waals surface area (Å²) in [4.78, 5) is 10.9. The van der Waals surface area contributed by atoms with Gasteiger partial charge < -0.3 is 4.74 Å². The van der Waals surface area contributed by atoms with Crippen molar-refractivity contribution in [1.82, 2.24) is 0 Å². The fraction of sp³-hybridized carbons (Fsp3) is 0.421. The Labute approximate surface area is 129 Å². The molecule has 114 valence electrons. The molecule has 0 fully saturated rings. The Bertz CT molecular complexity index is 428. The lowest BCUT2D eigenvalue weighted by Gasteiger charge is -1.98. The van der Waals surface area contributed by atoms with Crippen LogP contribution < -0.4 is 0 Å². The van der Waals surface area contributed by atoms with Crippen molar-refractivity contribution in [3.8, 4) is 11.8 Å². The van der Waals surface area contributed by atoms with Crippen molar-refractivity contribution in [1.29, 1.82) is 0 Å². The molecule has 0 saturated heterocycles. The number of methoxy groups -OCH3 is 1. The fourth-order valence-electron chi connectivity index (χ4n) is 1.54. The van der Waals surface area contributed by atoms with Crippen LogP contribution in [0.4, 0.5) is 0 Å². The molecule has 0 heterocycles. The van der Waals surface area contributed by atoms with Crippen LogP contribution >= 0.6 is 0 Å². The van der Waals surface area contributed by atoms with Crippen LogP contribution in [0.3, 0.4) is 0 Å². The van der Waals surface area contributed by atoms with E-state index in [2.05, 4.69) is 16.6 Å². The van der Waals surface area contributed by atoms with Crippen LogP contribution in [0.2, 0.25) is 0 Å². The van der Waals surface area contributed by atoms with Crippen molar-refractivity contribution in [2.24, 2.45) is 0 Å². The first-order valence-corrected chi connectivity index (χ1v) is 7.47. The minimum Gasteiger partial charge on any atom is -0.469 e. The maximum atomic E-state index is 10.9. The zero-order valence-electron chi connectivity index (χ0n) is 13.2. The van der Waals surface area contributed by atoms with Gasteiger partial charge in [-0.15, -0.1) is 0 Å². The van der Waals surface area contributed by atoms with Gasteiger partial charge in [-0.05, 0) is 25.8 Å². The lowest BCUT2D eigenvalue weighted by atomic mass is 10.1. The fourth-order valence-corrected chi connectivity index (χ4v) is 1.54. The van der Waals surface area contributed by atoms with Crippen molar-refractivity contribution in [3.63, 3.8) is 0 Å². The molecule has 0 spiro atoms. The first-order chi connectivity index (χ1) is 10.3. The quantitative estimate of drug-likeness (QED) is 0.265. The van der Waals surface area contributed by atoms with Gasteiger partial charge in [0.15, 0.2) is 0 Å². The molecule has 0 aliphatic rings. The summed E-state index contributed by atoms with van der Waals surface area (Å²) in [5.41, 5.74) is 0. The Kier molecular flexibility index (Phi) is 14.5. The number of carbonyl (C=O) groups excluding carboxylic acids is 1. The summed E-state index contributed by atoms with van der Waals surface area (Å²) in [7, 11) is 1.43. The molecule has 0 atom stereocenters. The smallest absolute Gasteiger partial charge is 0.305 e.